The number of hydrogen-bond acceptors (Lipinski definition) is 3. The number of rotatable bonds is 8. The molecule has 0 saturated heterocycles. The Bertz CT molecular complexity index is 209. The van der Waals surface area contributed by atoms with Crippen molar-refractivity contribution in [3.8, 4) is 0 Å². The van der Waals surface area contributed by atoms with Crippen LogP contribution in [0.5, 0.6) is 0 Å². The lowest BCUT2D eigenvalue weighted by atomic mass is 10.2. The maximum atomic E-state index is 11.2. The summed E-state index contributed by atoms with van der Waals surface area (Å²) in [5.74, 6) is 0.584. The number of carboxylic acids is 1. The number of aliphatic carboxylic acids is 1. The zero-order valence-corrected chi connectivity index (χ0v) is 10.1. The van der Waals surface area contributed by atoms with Gasteiger partial charge in [0.15, 0.2) is 0 Å². The Balaban J connectivity index is 3.44. The van der Waals surface area contributed by atoms with E-state index >= 15 is 0 Å². The number of nitrogens with one attached hydrogen (secondary N) is 1. The molecule has 0 spiro atoms. The Morgan fingerprint density at radius 2 is 2.07 bits per heavy atom. The summed E-state index contributed by atoms with van der Waals surface area (Å²) in [5, 5.41) is 11.2. The van der Waals surface area contributed by atoms with Gasteiger partial charge in [-0.05, 0) is 24.3 Å². The average Bonchev–Trinajstić information content (AvgIpc) is 2.14. The van der Waals surface area contributed by atoms with Crippen molar-refractivity contribution < 1.29 is 14.7 Å². The van der Waals surface area contributed by atoms with Crippen LogP contribution in [0, 0.1) is 5.92 Å². The minimum atomic E-state index is -0.849. The lowest BCUT2D eigenvalue weighted by Gasteiger charge is -2.10. The summed E-state index contributed by atoms with van der Waals surface area (Å²) in [7, 11) is 0. The third-order valence-electron chi connectivity index (χ3n) is 1.89. The molecule has 5 heteroatoms. The minimum absolute atomic E-state index is 0.0517. The topological polar surface area (TPSA) is 66.4 Å². The van der Waals surface area contributed by atoms with Crippen LogP contribution in [-0.4, -0.2) is 35.5 Å². The Morgan fingerprint density at radius 1 is 1.40 bits per heavy atom. The van der Waals surface area contributed by atoms with E-state index in [1.54, 1.807) is 11.8 Å². The molecule has 2 N–H and O–H groups in total. The number of carbonyl (C=O) groups excluding carboxylic acids is 1. The molecule has 88 valence electrons. The zero-order valence-electron chi connectivity index (χ0n) is 9.28. The van der Waals surface area contributed by atoms with Crippen LogP contribution in [0.15, 0.2) is 0 Å². The highest BCUT2D eigenvalue weighted by atomic mass is 32.2. The maximum absolute atomic E-state index is 11.2. The number of carboxylic acid groups (broad SMARTS) is 1. The van der Waals surface area contributed by atoms with E-state index in [1.165, 1.54) is 0 Å². The molecule has 1 atom stereocenters. The number of carbonyl (C=O) groups is 2. The normalized spacial score (nSPS) is 12.1. The van der Waals surface area contributed by atoms with Crippen molar-refractivity contribution in [3.05, 3.63) is 0 Å². The lowest BCUT2D eigenvalue weighted by molar-refractivity contribution is -0.137. The summed E-state index contributed by atoms with van der Waals surface area (Å²) < 4.78 is 0. The van der Waals surface area contributed by atoms with E-state index in [0.29, 0.717) is 25.3 Å². The SMILES string of the molecule is CSCC(C)CNC(=O)CCCC(=O)O. The molecule has 0 aliphatic carbocycles. The lowest BCUT2D eigenvalue weighted by Crippen LogP contribution is -2.28. The second-order valence-electron chi connectivity index (χ2n) is 3.61. The van der Waals surface area contributed by atoms with Crippen molar-refractivity contribution in [2.75, 3.05) is 18.6 Å². The van der Waals surface area contributed by atoms with Crippen molar-refractivity contribution >= 4 is 23.6 Å². The molecule has 0 aliphatic rings. The second kappa shape index (κ2) is 8.59. The van der Waals surface area contributed by atoms with Crippen LogP contribution in [0.2, 0.25) is 0 Å². The van der Waals surface area contributed by atoms with Gasteiger partial charge in [0.25, 0.3) is 0 Å². The summed E-state index contributed by atoms with van der Waals surface area (Å²) in [5.41, 5.74) is 0. The third-order valence-corrected chi connectivity index (χ3v) is 2.80. The van der Waals surface area contributed by atoms with E-state index in [9.17, 15) is 9.59 Å². The Labute approximate surface area is 94.8 Å². The van der Waals surface area contributed by atoms with Gasteiger partial charge in [0.1, 0.15) is 0 Å². The summed E-state index contributed by atoms with van der Waals surface area (Å²) in [4.78, 5) is 21.4. The smallest absolute Gasteiger partial charge is 0.303 e. The van der Waals surface area contributed by atoms with Crippen LogP contribution < -0.4 is 5.32 Å². The van der Waals surface area contributed by atoms with Crippen molar-refractivity contribution in [2.24, 2.45) is 5.92 Å². The van der Waals surface area contributed by atoms with E-state index in [1.807, 2.05) is 6.26 Å². The first-order valence-corrected chi connectivity index (χ1v) is 6.43. The molecule has 0 fully saturated rings. The summed E-state index contributed by atoms with van der Waals surface area (Å²) in [6.45, 7) is 2.75. The van der Waals surface area contributed by atoms with Crippen molar-refractivity contribution in [1.29, 1.82) is 0 Å². The second-order valence-corrected chi connectivity index (χ2v) is 4.52. The van der Waals surface area contributed by atoms with Crippen molar-refractivity contribution in [3.63, 3.8) is 0 Å². The molecule has 0 saturated carbocycles. The molecular weight excluding hydrogens is 214 g/mol. The minimum Gasteiger partial charge on any atom is -0.481 e. The molecule has 0 radical (unpaired) electrons. The molecule has 4 nitrogen and oxygen atoms in total. The molecule has 15 heavy (non-hydrogen) atoms. The largest absolute Gasteiger partial charge is 0.481 e. The Morgan fingerprint density at radius 3 is 2.60 bits per heavy atom. The molecule has 1 amide bonds. The third kappa shape index (κ3) is 9.59. The first-order chi connectivity index (χ1) is 7.06. The molecule has 0 bridgehead atoms. The molecule has 0 aromatic carbocycles. The highest BCUT2D eigenvalue weighted by Gasteiger charge is 2.05. The standard InChI is InChI=1S/C10H19NO3S/c1-8(7-15-2)6-11-9(12)4-3-5-10(13)14/h8H,3-7H2,1-2H3,(H,11,12)(H,13,14). The highest BCUT2D eigenvalue weighted by Crippen LogP contribution is 2.03. The summed E-state index contributed by atoms with van der Waals surface area (Å²) in [6.07, 6.45) is 2.81. The fourth-order valence-corrected chi connectivity index (χ4v) is 1.81. The van der Waals surface area contributed by atoms with Gasteiger partial charge in [0.2, 0.25) is 5.91 Å². The van der Waals surface area contributed by atoms with Gasteiger partial charge >= 0.3 is 5.97 Å². The van der Waals surface area contributed by atoms with Crippen molar-refractivity contribution in [2.45, 2.75) is 26.2 Å². The van der Waals surface area contributed by atoms with Crippen LogP contribution in [0.25, 0.3) is 0 Å². The Hall–Kier alpha value is -0.710. The van der Waals surface area contributed by atoms with E-state index in [-0.39, 0.29) is 12.3 Å². The van der Waals surface area contributed by atoms with Gasteiger partial charge in [-0.3, -0.25) is 9.59 Å². The van der Waals surface area contributed by atoms with Crippen LogP contribution in [0.1, 0.15) is 26.2 Å². The fraction of sp³-hybridized carbons (Fsp3) is 0.800. The van der Waals surface area contributed by atoms with E-state index in [4.69, 9.17) is 5.11 Å². The van der Waals surface area contributed by atoms with Gasteiger partial charge in [0, 0.05) is 19.4 Å². The maximum Gasteiger partial charge on any atom is 0.303 e. The van der Waals surface area contributed by atoms with Crippen LogP contribution in [0.4, 0.5) is 0 Å². The van der Waals surface area contributed by atoms with Crippen molar-refractivity contribution in [1.82, 2.24) is 5.32 Å². The van der Waals surface area contributed by atoms with Crippen LogP contribution in [0.3, 0.4) is 0 Å². The Kier molecular flexibility index (Phi) is 8.18. The zero-order chi connectivity index (χ0) is 11.7. The number of amides is 1. The number of thioether (sulfide) groups is 1. The molecule has 0 heterocycles. The van der Waals surface area contributed by atoms with Gasteiger partial charge in [-0.15, -0.1) is 0 Å². The predicted molar refractivity (Wildman–Crippen MR) is 62.0 cm³/mol. The van der Waals surface area contributed by atoms with Gasteiger partial charge in [-0.2, -0.15) is 11.8 Å². The summed E-state index contributed by atoms with van der Waals surface area (Å²) in [6, 6.07) is 0. The molecule has 1 unspecified atom stereocenters. The monoisotopic (exact) mass is 233 g/mol. The average molecular weight is 233 g/mol. The number of hydrogen-bond donors (Lipinski definition) is 2. The summed E-state index contributed by atoms with van der Waals surface area (Å²) >= 11 is 1.75. The van der Waals surface area contributed by atoms with E-state index in [2.05, 4.69) is 12.2 Å². The van der Waals surface area contributed by atoms with E-state index < -0.39 is 5.97 Å². The van der Waals surface area contributed by atoms with E-state index in [0.717, 1.165) is 5.75 Å². The predicted octanol–water partition coefficient (Wildman–Crippen LogP) is 1.36. The highest BCUT2D eigenvalue weighted by molar-refractivity contribution is 7.98. The first kappa shape index (κ1) is 14.3. The fourth-order valence-electron chi connectivity index (χ4n) is 1.12. The molecule has 0 aromatic heterocycles. The van der Waals surface area contributed by atoms with Gasteiger partial charge in [-0.25, -0.2) is 0 Å². The van der Waals surface area contributed by atoms with Gasteiger partial charge < -0.3 is 10.4 Å². The van der Waals surface area contributed by atoms with Crippen LogP contribution in [-0.2, 0) is 9.59 Å². The quantitative estimate of drug-likeness (QED) is 0.664. The molecule has 0 rings (SSSR count). The van der Waals surface area contributed by atoms with Gasteiger partial charge in [-0.1, -0.05) is 6.92 Å². The molecule has 0 aromatic rings. The molecule has 0 aliphatic heterocycles. The van der Waals surface area contributed by atoms with Gasteiger partial charge in [0.05, 0.1) is 0 Å². The van der Waals surface area contributed by atoms with Crippen LogP contribution >= 0.6 is 11.8 Å². The molecular formula is C10H19NO3S. The first-order valence-electron chi connectivity index (χ1n) is 5.03.